The zero-order chi connectivity index (χ0) is 17.9. The van der Waals surface area contributed by atoms with Crippen LogP contribution >= 0.6 is 0 Å². The molecule has 0 aliphatic carbocycles. The second-order valence-electron chi connectivity index (χ2n) is 5.57. The summed E-state index contributed by atoms with van der Waals surface area (Å²) in [5, 5.41) is 2.75. The molecular weight excluding hydrogens is 342 g/mol. The van der Waals surface area contributed by atoms with Crippen molar-refractivity contribution in [2.24, 2.45) is 0 Å². The minimum atomic E-state index is -3.75. The van der Waals surface area contributed by atoms with Gasteiger partial charge in [-0.3, -0.25) is 9.52 Å². The van der Waals surface area contributed by atoms with Crippen molar-refractivity contribution >= 4 is 27.3 Å². The van der Waals surface area contributed by atoms with Crippen LogP contribution < -0.4 is 19.7 Å². The molecule has 25 heavy (non-hydrogen) atoms. The van der Waals surface area contributed by atoms with Crippen molar-refractivity contribution in [1.82, 2.24) is 5.32 Å². The summed E-state index contributed by atoms with van der Waals surface area (Å²) in [6.45, 7) is 1.34. The van der Waals surface area contributed by atoms with Crippen molar-refractivity contribution < 1.29 is 17.9 Å². The molecule has 0 atom stereocenters. The molecule has 2 aromatic carbocycles. The molecule has 1 aliphatic rings. The number of carbonyl (C=O) groups is 1. The number of methoxy groups -OCH3 is 1. The minimum Gasteiger partial charge on any atom is -0.497 e. The van der Waals surface area contributed by atoms with E-state index >= 15 is 0 Å². The lowest BCUT2D eigenvalue weighted by molar-refractivity contribution is -0.120. The highest BCUT2D eigenvalue weighted by Crippen LogP contribution is 2.28. The lowest BCUT2D eigenvalue weighted by atomic mass is 10.2. The van der Waals surface area contributed by atoms with Gasteiger partial charge in [-0.15, -0.1) is 0 Å². The fourth-order valence-electron chi connectivity index (χ4n) is 2.64. The van der Waals surface area contributed by atoms with Gasteiger partial charge in [-0.25, -0.2) is 8.42 Å². The Labute approximate surface area is 146 Å². The number of para-hydroxylation sites is 2. The fourth-order valence-corrected chi connectivity index (χ4v) is 3.71. The van der Waals surface area contributed by atoms with E-state index in [4.69, 9.17) is 4.74 Å². The largest absolute Gasteiger partial charge is 0.497 e. The van der Waals surface area contributed by atoms with Crippen molar-refractivity contribution in [3.05, 3.63) is 48.5 Å². The molecule has 1 aliphatic heterocycles. The van der Waals surface area contributed by atoms with E-state index in [0.717, 1.165) is 0 Å². The number of carbonyl (C=O) groups excluding carboxylic acids is 1. The van der Waals surface area contributed by atoms with Crippen molar-refractivity contribution in [3.63, 3.8) is 0 Å². The van der Waals surface area contributed by atoms with Crippen LogP contribution in [0.5, 0.6) is 5.75 Å². The van der Waals surface area contributed by atoms with Crippen molar-refractivity contribution in [1.29, 1.82) is 0 Å². The molecule has 2 aromatic rings. The first-order valence-corrected chi connectivity index (χ1v) is 9.25. The number of anilines is 2. The molecule has 0 unspecified atom stereocenters. The number of piperazine rings is 1. The number of hydrogen-bond acceptors (Lipinski definition) is 5. The number of amides is 1. The predicted octanol–water partition coefficient (Wildman–Crippen LogP) is 1.43. The molecule has 0 saturated carbocycles. The van der Waals surface area contributed by atoms with Crippen molar-refractivity contribution in [2.45, 2.75) is 4.90 Å². The average molecular weight is 361 g/mol. The molecular formula is C17H19N3O4S. The number of rotatable bonds is 5. The zero-order valence-corrected chi connectivity index (χ0v) is 14.5. The van der Waals surface area contributed by atoms with E-state index < -0.39 is 10.0 Å². The number of sulfonamides is 1. The lowest BCUT2D eigenvalue weighted by Gasteiger charge is -2.30. The van der Waals surface area contributed by atoms with Crippen LogP contribution in [-0.2, 0) is 14.8 Å². The fraction of sp³-hybridized carbons (Fsp3) is 0.235. The van der Waals surface area contributed by atoms with E-state index in [0.29, 0.717) is 30.2 Å². The van der Waals surface area contributed by atoms with Gasteiger partial charge in [-0.1, -0.05) is 12.1 Å². The Hall–Kier alpha value is -2.74. The van der Waals surface area contributed by atoms with Gasteiger partial charge in [0.05, 0.1) is 29.9 Å². The number of benzene rings is 2. The molecule has 1 fully saturated rings. The van der Waals surface area contributed by atoms with Gasteiger partial charge in [-0.2, -0.15) is 0 Å². The second-order valence-corrected chi connectivity index (χ2v) is 7.25. The van der Waals surface area contributed by atoms with E-state index in [1.54, 1.807) is 30.3 Å². The topological polar surface area (TPSA) is 87.7 Å². The molecule has 2 N–H and O–H groups in total. The lowest BCUT2D eigenvalue weighted by Crippen LogP contribution is -2.47. The third-order valence-electron chi connectivity index (χ3n) is 3.90. The first-order valence-electron chi connectivity index (χ1n) is 7.77. The summed E-state index contributed by atoms with van der Waals surface area (Å²) < 4.78 is 33.0. The smallest absolute Gasteiger partial charge is 0.261 e. The molecule has 7 nitrogen and oxygen atoms in total. The molecule has 132 valence electrons. The third kappa shape index (κ3) is 3.85. The van der Waals surface area contributed by atoms with E-state index in [1.165, 1.54) is 19.2 Å². The quantitative estimate of drug-likeness (QED) is 0.841. The Morgan fingerprint density at radius 3 is 2.52 bits per heavy atom. The number of ether oxygens (including phenoxy) is 1. The SMILES string of the molecule is COc1ccc(S(=O)(=O)Nc2ccccc2N2CCNC(=O)C2)cc1. The first kappa shape index (κ1) is 17.1. The molecule has 1 amide bonds. The number of hydrogen-bond donors (Lipinski definition) is 2. The van der Waals surface area contributed by atoms with E-state index in [-0.39, 0.29) is 17.3 Å². The minimum absolute atomic E-state index is 0.0842. The normalized spacial score (nSPS) is 14.8. The molecule has 1 heterocycles. The Bertz CT molecular complexity index is 866. The van der Waals surface area contributed by atoms with Crippen molar-refractivity contribution in [3.8, 4) is 5.75 Å². The van der Waals surface area contributed by atoms with Gasteiger partial charge in [0, 0.05) is 13.1 Å². The van der Waals surface area contributed by atoms with Crippen LogP contribution in [0.15, 0.2) is 53.4 Å². The Kier molecular flexibility index (Phi) is 4.80. The highest BCUT2D eigenvalue weighted by atomic mass is 32.2. The summed E-state index contributed by atoms with van der Waals surface area (Å²) in [4.78, 5) is 13.6. The highest BCUT2D eigenvalue weighted by Gasteiger charge is 2.21. The third-order valence-corrected chi connectivity index (χ3v) is 5.28. The molecule has 8 heteroatoms. The zero-order valence-electron chi connectivity index (χ0n) is 13.7. The highest BCUT2D eigenvalue weighted by molar-refractivity contribution is 7.92. The summed E-state index contributed by atoms with van der Waals surface area (Å²) in [7, 11) is -2.23. The molecule has 0 spiro atoms. The molecule has 0 bridgehead atoms. The average Bonchev–Trinajstić information content (AvgIpc) is 2.62. The van der Waals surface area contributed by atoms with Crippen molar-refractivity contribution in [2.75, 3.05) is 36.4 Å². The number of nitrogens with zero attached hydrogens (tertiary/aromatic N) is 1. The van der Waals surface area contributed by atoms with Gasteiger partial charge < -0.3 is 15.0 Å². The molecule has 0 aromatic heterocycles. The maximum absolute atomic E-state index is 12.7. The summed E-state index contributed by atoms with van der Waals surface area (Å²) in [6.07, 6.45) is 0. The summed E-state index contributed by atoms with van der Waals surface area (Å²) in [5.74, 6) is 0.498. The maximum Gasteiger partial charge on any atom is 0.261 e. The van der Waals surface area contributed by atoms with E-state index in [1.807, 2.05) is 11.0 Å². The maximum atomic E-state index is 12.7. The Balaban J connectivity index is 1.88. The summed E-state index contributed by atoms with van der Waals surface area (Å²) >= 11 is 0. The predicted molar refractivity (Wildman–Crippen MR) is 95.5 cm³/mol. The monoisotopic (exact) mass is 361 g/mol. The van der Waals surface area contributed by atoms with Crippen LogP contribution in [0.4, 0.5) is 11.4 Å². The van der Waals surface area contributed by atoms with Crippen LogP contribution in [0, 0.1) is 0 Å². The van der Waals surface area contributed by atoms with Crippen LogP contribution in [-0.4, -0.2) is 41.1 Å². The van der Waals surface area contributed by atoms with Gasteiger partial charge in [0.2, 0.25) is 5.91 Å². The summed E-state index contributed by atoms with van der Waals surface area (Å²) in [6, 6.07) is 13.2. The van der Waals surface area contributed by atoms with Crippen LogP contribution in [0.1, 0.15) is 0 Å². The van der Waals surface area contributed by atoms with Gasteiger partial charge in [-0.05, 0) is 36.4 Å². The molecule has 3 rings (SSSR count). The summed E-state index contributed by atoms with van der Waals surface area (Å²) in [5.41, 5.74) is 1.11. The van der Waals surface area contributed by atoms with Gasteiger partial charge in [0.1, 0.15) is 5.75 Å². The first-order chi connectivity index (χ1) is 12.0. The Morgan fingerprint density at radius 2 is 1.84 bits per heavy atom. The Morgan fingerprint density at radius 1 is 1.12 bits per heavy atom. The molecule has 0 radical (unpaired) electrons. The standard InChI is InChI=1S/C17H19N3O4S/c1-24-13-6-8-14(9-7-13)25(22,23)19-15-4-2-3-5-16(15)20-11-10-18-17(21)12-20/h2-9,19H,10-12H2,1H3,(H,18,21). The van der Waals surface area contributed by atoms with Gasteiger partial charge >= 0.3 is 0 Å². The van der Waals surface area contributed by atoms with E-state index in [9.17, 15) is 13.2 Å². The van der Waals surface area contributed by atoms with Crippen LogP contribution in [0.3, 0.4) is 0 Å². The van der Waals surface area contributed by atoms with Crippen LogP contribution in [0.25, 0.3) is 0 Å². The second kappa shape index (κ2) is 7.02. The van der Waals surface area contributed by atoms with E-state index in [2.05, 4.69) is 10.0 Å². The van der Waals surface area contributed by atoms with Crippen LogP contribution in [0.2, 0.25) is 0 Å². The van der Waals surface area contributed by atoms with Gasteiger partial charge in [0.15, 0.2) is 0 Å². The van der Waals surface area contributed by atoms with Gasteiger partial charge in [0.25, 0.3) is 10.0 Å². The molecule has 1 saturated heterocycles. The number of nitrogens with one attached hydrogen (secondary N) is 2.